The van der Waals surface area contributed by atoms with Crippen molar-refractivity contribution < 1.29 is 14.4 Å². The highest BCUT2D eigenvalue weighted by atomic mass is 16.2. The van der Waals surface area contributed by atoms with E-state index in [1.807, 2.05) is 65.6 Å². The van der Waals surface area contributed by atoms with E-state index in [2.05, 4.69) is 17.1 Å². The fourth-order valence-electron chi connectivity index (χ4n) is 6.76. The molecule has 0 radical (unpaired) electrons. The fraction of sp³-hybridized carbons (Fsp3) is 0.531. The van der Waals surface area contributed by atoms with Crippen LogP contribution in [0.1, 0.15) is 69.8 Å². The SMILES string of the molecule is CCC(C(=O)N1CCC2(CC1)C(=O)N(CC(=O)NCC1CCCCC1)CN2c1ccccc1)c1ccccc1. The Hall–Kier alpha value is -3.35. The van der Waals surface area contributed by atoms with Gasteiger partial charge in [0.05, 0.1) is 12.6 Å². The van der Waals surface area contributed by atoms with Crippen LogP contribution in [0, 0.1) is 5.92 Å². The summed E-state index contributed by atoms with van der Waals surface area (Å²) in [4.78, 5) is 46.3. The first-order valence-electron chi connectivity index (χ1n) is 14.7. The third-order valence-corrected chi connectivity index (χ3v) is 9.04. The van der Waals surface area contributed by atoms with Crippen molar-refractivity contribution in [3.05, 3.63) is 66.2 Å². The molecular formula is C32H42N4O3. The van der Waals surface area contributed by atoms with Gasteiger partial charge in [0.25, 0.3) is 5.91 Å². The Bertz CT molecular complexity index is 1120. The second-order valence-electron chi connectivity index (χ2n) is 11.4. The average Bonchev–Trinajstić information content (AvgIpc) is 3.24. The Kier molecular flexibility index (Phi) is 8.53. The van der Waals surface area contributed by atoms with Crippen molar-refractivity contribution in [2.24, 2.45) is 5.92 Å². The van der Waals surface area contributed by atoms with Crippen LogP contribution >= 0.6 is 0 Å². The number of piperidine rings is 1. The van der Waals surface area contributed by atoms with Gasteiger partial charge in [0, 0.05) is 25.3 Å². The molecule has 2 aromatic carbocycles. The summed E-state index contributed by atoms with van der Waals surface area (Å²) in [5.74, 6) is 0.429. The van der Waals surface area contributed by atoms with Gasteiger partial charge in [-0.3, -0.25) is 14.4 Å². The molecule has 0 bridgehead atoms. The zero-order valence-corrected chi connectivity index (χ0v) is 23.2. The summed E-state index contributed by atoms with van der Waals surface area (Å²) in [6.45, 7) is 4.26. The summed E-state index contributed by atoms with van der Waals surface area (Å²) >= 11 is 0. The quantitative estimate of drug-likeness (QED) is 0.544. The Morgan fingerprint density at radius 3 is 2.23 bits per heavy atom. The summed E-state index contributed by atoms with van der Waals surface area (Å²) in [6.07, 6.45) is 7.96. The first-order chi connectivity index (χ1) is 19.0. The highest BCUT2D eigenvalue weighted by Gasteiger charge is 2.54. The van der Waals surface area contributed by atoms with Crippen LogP contribution in [0.3, 0.4) is 0 Å². The van der Waals surface area contributed by atoms with Crippen molar-refractivity contribution in [1.82, 2.24) is 15.1 Å². The number of para-hydroxylation sites is 1. The summed E-state index contributed by atoms with van der Waals surface area (Å²) in [6, 6.07) is 20.0. The van der Waals surface area contributed by atoms with Crippen LogP contribution in [0.4, 0.5) is 5.69 Å². The molecule has 39 heavy (non-hydrogen) atoms. The van der Waals surface area contributed by atoms with Gasteiger partial charge in [-0.1, -0.05) is 74.7 Å². The van der Waals surface area contributed by atoms with E-state index >= 15 is 0 Å². The Morgan fingerprint density at radius 1 is 0.949 bits per heavy atom. The van der Waals surface area contributed by atoms with Gasteiger partial charge in [0.2, 0.25) is 11.8 Å². The topological polar surface area (TPSA) is 73.0 Å². The first-order valence-corrected chi connectivity index (χ1v) is 14.7. The van der Waals surface area contributed by atoms with Crippen molar-refractivity contribution >= 4 is 23.4 Å². The number of anilines is 1. The Morgan fingerprint density at radius 2 is 1.59 bits per heavy atom. The number of benzene rings is 2. The molecule has 1 N–H and O–H groups in total. The molecule has 2 aliphatic heterocycles. The van der Waals surface area contributed by atoms with Crippen molar-refractivity contribution in [3.8, 4) is 0 Å². The number of hydrogen-bond donors (Lipinski definition) is 1. The second-order valence-corrected chi connectivity index (χ2v) is 11.4. The largest absolute Gasteiger partial charge is 0.354 e. The Labute approximate surface area is 232 Å². The minimum absolute atomic E-state index is 0.00127. The molecule has 1 saturated carbocycles. The van der Waals surface area contributed by atoms with Gasteiger partial charge in [-0.15, -0.1) is 0 Å². The molecule has 1 unspecified atom stereocenters. The monoisotopic (exact) mass is 530 g/mol. The van der Waals surface area contributed by atoms with Crippen molar-refractivity contribution in [2.75, 3.05) is 37.7 Å². The zero-order valence-electron chi connectivity index (χ0n) is 23.2. The van der Waals surface area contributed by atoms with Gasteiger partial charge in [0.1, 0.15) is 12.1 Å². The van der Waals surface area contributed by atoms with Crippen LogP contribution in [0.5, 0.6) is 0 Å². The van der Waals surface area contributed by atoms with Gasteiger partial charge < -0.3 is 20.0 Å². The summed E-state index contributed by atoms with van der Waals surface area (Å²) < 4.78 is 0. The van der Waals surface area contributed by atoms with Crippen LogP contribution < -0.4 is 10.2 Å². The Balaban J connectivity index is 1.28. The molecule has 2 saturated heterocycles. The van der Waals surface area contributed by atoms with Crippen molar-refractivity contribution in [2.45, 2.75) is 69.7 Å². The van der Waals surface area contributed by atoms with Gasteiger partial charge >= 0.3 is 0 Å². The lowest BCUT2D eigenvalue weighted by Gasteiger charge is -2.44. The van der Waals surface area contributed by atoms with Gasteiger partial charge in [-0.05, 0) is 55.7 Å². The van der Waals surface area contributed by atoms with Crippen LogP contribution in [0.2, 0.25) is 0 Å². The molecule has 3 fully saturated rings. The molecule has 7 heteroatoms. The second kappa shape index (κ2) is 12.2. The molecule has 0 aromatic heterocycles. The number of amides is 3. The highest BCUT2D eigenvalue weighted by Crippen LogP contribution is 2.40. The predicted octanol–water partition coefficient (Wildman–Crippen LogP) is 4.54. The maximum absolute atomic E-state index is 14.0. The van der Waals surface area contributed by atoms with Gasteiger partial charge in [0.15, 0.2) is 0 Å². The molecule has 1 aliphatic carbocycles. The van der Waals surface area contributed by atoms with Crippen molar-refractivity contribution in [3.63, 3.8) is 0 Å². The van der Waals surface area contributed by atoms with Crippen LogP contribution in [-0.2, 0) is 14.4 Å². The van der Waals surface area contributed by atoms with E-state index in [4.69, 9.17) is 0 Å². The van der Waals surface area contributed by atoms with E-state index in [9.17, 15) is 14.4 Å². The number of nitrogens with one attached hydrogen (secondary N) is 1. The summed E-state index contributed by atoms with van der Waals surface area (Å²) in [7, 11) is 0. The van der Waals surface area contributed by atoms with E-state index in [0.29, 0.717) is 45.1 Å². The average molecular weight is 531 g/mol. The summed E-state index contributed by atoms with van der Waals surface area (Å²) in [5, 5.41) is 3.10. The van der Waals surface area contributed by atoms with Gasteiger partial charge in [-0.25, -0.2) is 0 Å². The first kappa shape index (κ1) is 27.2. The highest BCUT2D eigenvalue weighted by molar-refractivity contribution is 5.96. The van der Waals surface area contributed by atoms with E-state index in [0.717, 1.165) is 17.7 Å². The standard InChI is InChI=1S/C32H42N4O3/c1-2-28(26-14-8-4-9-15-26)30(38)34-20-18-32(19-21-34)31(39)35(24-36(32)27-16-10-5-11-17-27)23-29(37)33-22-25-12-6-3-7-13-25/h4-5,8-11,14-17,25,28H,2-3,6-7,12-13,18-24H2,1H3,(H,33,37). The molecule has 2 heterocycles. The fourth-order valence-corrected chi connectivity index (χ4v) is 6.76. The number of hydrogen-bond acceptors (Lipinski definition) is 4. The lowest BCUT2D eigenvalue weighted by molar-refractivity contribution is -0.140. The lowest BCUT2D eigenvalue weighted by Crippen LogP contribution is -2.58. The minimum Gasteiger partial charge on any atom is -0.354 e. The van der Waals surface area contributed by atoms with E-state index < -0.39 is 5.54 Å². The van der Waals surface area contributed by atoms with Crippen molar-refractivity contribution in [1.29, 1.82) is 0 Å². The van der Waals surface area contributed by atoms with Crippen LogP contribution in [0.15, 0.2) is 60.7 Å². The normalized spacial score (nSPS) is 20.3. The number of rotatable bonds is 8. The maximum Gasteiger partial charge on any atom is 0.250 e. The van der Waals surface area contributed by atoms with E-state index in [1.54, 1.807) is 4.90 Å². The summed E-state index contributed by atoms with van der Waals surface area (Å²) in [5.41, 5.74) is 1.28. The van der Waals surface area contributed by atoms with Crippen LogP contribution in [-0.4, -0.2) is 65.9 Å². The third-order valence-electron chi connectivity index (χ3n) is 9.04. The maximum atomic E-state index is 14.0. The molecule has 7 nitrogen and oxygen atoms in total. The zero-order chi connectivity index (χ0) is 27.2. The third kappa shape index (κ3) is 5.82. The number of nitrogens with zero attached hydrogens (tertiary/aromatic N) is 3. The van der Waals surface area contributed by atoms with E-state index in [1.165, 1.54) is 32.1 Å². The molecule has 208 valence electrons. The van der Waals surface area contributed by atoms with Crippen LogP contribution in [0.25, 0.3) is 0 Å². The molecule has 3 aliphatic rings. The minimum atomic E-state index is -0.740. The smallest absolute Gasteiger partial charge is 0.250 e. The molecule has 1 spiro atoms. The number of carbonyl (C=O) groups excluding carboxylic acids is 3. The molecule has 2 aromatic rings. The lowest BCUT2D eigenvalue weighted by atomic mass is 9.84. The molecular weight excluding hydrogens is 488 g/mol. The number of likely N-dealkylation sites (tertiary alicyclic amines) is 1. The van der Waals surface area contributed by atoms with E-state index in [-0.39, 0.29) is 30.2 Å². The molecule has 5 rings (SSSR count). The van der Waals surface area contributed by atoms with Gasteiger partial charge in [-0.2, -0.15) is 0 Å². The molecule has 3 amide bonds. The predicted molar refractivity (Wildman–Crippen MR) is 153 cm³/mol. The molecule has 1 atom stereocenters. The number of carbonyl (C=O) groups is 3.